The Morgan fingerprint density at radius 3 is 2.29 bits per heavy atom. The molecule has 224 valence electrons. The van der Waals surface area contributed by atoms with Gasteiger partial charge in [0.1, 0.15) is 17.6 Å². The van der Waals surface area contributed by atoms with E-state index in [9.17, 15) is 40.7 Å². The zero-order chi connectivity index (χ0) is 30.8. The van der Waals surface area contributed by atoms with E-state index in [0.717, 1.165) is 16.4 Å². The van der Waals surface area contributed by atoms with E-state index in [1.807, 2.05) is 0 Å². The Balaban J connectivity index is 1.58. The Morgan fingerprint density at radius 2 is 1.69 bits per heavy atom. The lowest BCUT2D eigenvalue weighted by atomic mass is 9.98. The van der Waals surface area contributed by atoms with Gasteiger partial charge in [-0.25, -0.2) is 12.8 Å². The van der Waals surface area contributed by atoms with Crippen LogP contribution in [0.4, 0.5) is 17.6 Å². The van der Waals surface area contributed by atoms with Crippen LogP contribution in [0.1, 0.15) is 30.9 Å². The van der Waals surface area contributed by atoms with E-state index >= 15 is 0 Å². The largest absolute Gasteiger partial charge is 0.573 e. The second-order valence-electron chi connectivity index (χ2n) is 9.35. The zero-order valence-electron chi connectivity index (χ0n) is 21.4. The summed E-state index contributed by atoms with van der Waals surface area (Å²) in [5.41, 5.74) is 0.405. The highest BCUT2D eigenvalue weighted by Crippen LogP contribution is 2.36. The molecule has 4 rings (SSSR count). The molecule has 1 heterocycles. The summed E-state index contributed by atoms with van der Waals surface area (Å²) in [5, 5.41) is 12.2. The fourth-order valence-corrected chi connectivity index (χ4v) is 7.02. The number of carbonyl (C=O) groups excluding carboxylic acids is 1. The molecule has 1 saturated heterocycles. The second-order valence-corrected chi connectivity index (χ2v) is 12.1. The van der Waals surface area contributed by atoms with E-state index in [0.29, 0.717) is 12.5 Å². The van der Waals surface area contributed by atoms with Crippen LogP contribution in [0.2, 0.25) is 10.0 Å². The number of sulfonamides is 1. The fourth-order valence-electron chi connectivity index (χ4n) is 4.64. The first-order chi connectivity index (χ1) is 19.6. The molecule has 3 aromatic rings. The van der Waals surface area contributed by atoms with Crippen molar-refractivity contribution < 1.29 is 45.4 Å². The molecule has 1 amide bonds. The maximum Gasteiger partial charge on any atom is 0.573 e. The maximum atomic E-state index is 13.6. The third-order valence-corrected chi connectivity index (χ3v) is 8.76. The molecule has 0 bridgehead atoms. The summed E-state index contributed by atoms with van der Waals surface area (Å²) in [6.45, 7) is 0.0306. The Morgan fingerprint density at radius 1 is 1.05 bits per heavy atom. The molecule has 0 saturated carbocycles. The lowest BCUT2D eigenvalue weighted by Crippen LogP contribution is -2.47. The Bertz CT molecular complexity index is 1580. The summed E-state index contributed by atoms with van der Waals surface area (Å²) >= 11 is 11.9. The van der Waals surface area contributed by atoms with E-state index < -0.39 is 58.3 Å². The minimum atomic E-state index is -5.07. The van der Waals surface area contributed by atoms with Gasteiger partial charge in [-0.05, 0) is 54.3 Å². The van der Waals surface area contributed by atoms with Crippen molar-refractivity contribution in [1.82, 2.24) is 9.62 Å². The maximum absolute atomic E-state index is 13.6. The number of nitrogens with one attached hydrogen (secondary N) is 1. The minimum Gasteiger partial charge on any atom is -0.481 e. The van der Waals surface area contributed by atoms with Crippen molar-refractivity contribution in [2.45, 2.75) is 42.6 Å². The third-order valence-electron chi connectivity index (χ3n) is 6.44. The van der Waals surface area contributed by atoms with E-state index in [-0.39, 0.29) is 44.6 Å². The third kappa shape index (κ3) is 7.51. The fraction of sp³-hybridized carbons (Fsp3) is 0.259. The number of benzene rings is 3. The monoisotopic (exact) mass is 648 g/mol. The van der Waals surface area contributed by atoms with Crippen molar-refractivity contribution in [3.8, 4) is 16.9 Å². The average molecular weight is 649 g/mol. The summed E-state index contributed by atoms with van der Waals surface area (Å²) in [7, 11) is -4.19. The highest BCUT2D eigenvalue weighted by Gasteiger charge is 2.40. The number of carbonyl (C=O) groups is 2. The minimum absolute atomic E-state index is 0.0306. The van der Waals surface area contributed by atoms with Gasteiger partial charge in [0.05, 0.1) is 17.4 Å². The number of hydrogen-bond acceptors (Lipinski definition) is 5. The number of ether oxygens (including phenoxy) is 1. The Kier molecular flexibility index (Phi) is 9.36. The quantitative estimate of drug-likeness (QED) is 0.268. The predicted molar refractivity (Wildman–Crippen MR) is 145 cm³/mol. The van der Waals surface area contributed by atoms with Crippen molar-refractivity contribution in [3.05, 3.63) is 82.1 Å². The number of amides is 1. The van der Waals surface area contributed by atoms with Crippen molar-refractivity contribution in [1.29, 1.82) is 0 Å². The molecular weight excluding hydrogens is 627 g/mol. The molecule has 1 aliphatic rings. The van der Waals surface area contributed by atoms with Crippen LogP contribution < -0.4 is 10.1 Å². The first-order valence-electron chi connectivity index (χ1n) is 12.3. The molecule has 1 aliphatic heterocycles. The van der Waals surface area contributed by atoms with Crippen molar-refractivity contribution in [2.24, 2.45) is 0 Å². The smallest absolute Gasteiger partial charge is 0.481 e. The van der Waals surface area contributed by atoms with Crippen molar-refractivity contribution in [3.63, 3.8) is 0 Å². The highest BCUT2D eigenvalue weighted by atomic mass is 35.5. The Hall–Kier alpha value is -3.39. The van der Waals surface area contributed by atoms with Crippen LogP contribution in [-0.2, 0) is 19.6 Å². The van der Waals surface area contributed by atoms with Gasteiger partial charge in [0, 0.05) is 28.2 Å². The van der Waals surface area contributed by atoms with E-state index in [4.69, 9.17) is 23.2 Å². The molecule has 0 aromatic heterocycles. The molecule has 0 radical (unpaired) electrons. The lowest BCUT2D eigenvalue weighted by molar-refractivity contribution is -0.274. The summed E-state index contributed by atoms with van der Waals surface area (Å²) in [4.78, 5) is 24.7. The summed E-state index contributed by atoms with van der Waals surface area (Å²) in [6, 6.07) is 9.66. The van der Waals surface area contributed by atoms with Crippen LogP contribution >= 0.6 is 23.2 Å². The van der Waals surface area contributed by atoms with Gasteiger partial charge >= 0.3 is 12.3 Å². The van der Waals surface area contributed by atoms with Crippen LogP contribution in [0.3, 0.4) is 0 Å². The van der Waals surface area contributed by atoms with Crippen LogP contribution in [0.25, 0.3) is 11.1 Å². The number of alkyl halides is 3. The van der Waals surface area contributed by atoms with Crippen LogP contribution in [0.5, 0.6) is 5.75 Å². The SMILES string of the molecule is O=C(O)C[C@@H](NC(=O)[C@@H]1CCCN1S(=O)(=O)c1cc(Cl)cc(Cl)c1)c1ccc(-c2ccc(F)cc2OC(F)(F)F)cc1. The van der Waals surface area contributed by atoms with Crippen LogP contribution in [0.15, 0.2) is 65.6 Å². The van der Waals surface area contributed by atoms with Gasteiger partial charge in [-0.3, -0.25) is 9.59 Å². The molecular formula is C27H22Cl2F4N2O6S. The summed E-state index contributed by atoms with van der Waals surface area (Å²) in [5.74, 6) is -3.72. The molecule has 8 nitrogen and oxygen atoms in total. The molecule has 0 spiro atoms. The summed E-state index contributed by atoms with van der Waals surface area (Å²) in [6.07, 6.45) is -5.11. The van der Waals surface area contributed by atoms with Gasteiger partial charge < -0.3 is 15.2 Å². The highest BCUT2D eigenvalue weighted by molar-refractivity contribution is 7.89. The number of carboxylic acids is 1. The number of aliphatic carboxylic acids is 1. The molecule has 42 heavy (non-hydrogen) atoms. The number of hydrogen-bond donors (Lipinski definition) is 2. The number of halogens is 6. The average Bonchev–Trinajstić information content (AvgIpc) is 3.38. The van der Waals surface area contributed by atoms with E-state index in [1.54, 1.807) is 0 Å². The standard InChI is InChI=1S/C27H22Cl2F4N2O6S/c28-17-10-18(29)12-20(11-17)42(39,40)35-9-1-2-23(35)26(38)34-22(14-25(36)37)16-5-3-15(4-6-16)21-8-7-19(30)13-24(21)41-27(31,32)33/h3-8,10-13,22-23H,1-2,9,14H2,(H,34,38)(H,36,37)/t22-,23+/m1/s1. The van der Waals surface area contributed by atoms with Gasteiger partial charge in [-0.1, -0.05) is 47.5 Å². The van der Waals surface area contributed by atoms with E-state index in [1.165, 1.54) is 42.5 Å². The molecule has 3 aromatic carbocycles. The predicted octanol–water partition coefficient (Wildman–Crippen LogP) is 6.18. The van der Waals surface area contributed by atoms with Crippen molar-refractivity contribution >= 4 is 45.1 Å². The first kappa shape index (κ1) is 31.5. The van der Waals surface area contributed by atoms with Crippen molar-refractivity contribution in [2.75, 3.05) is 6.54 Å². The van der Waals surface area contributed by atoms with Gasteiger partial charge in [0.25, 0.3) is 0 Å². The number of nitrogens with zero attached hydrogens (tertiary/aromatic N) is 1. The molecule has 2 atom stereocenters. The first-order valence-corrected chi connectivity index (χ1v) is 14.5. The van der Waals surface area contributed by atoms with E-state index in [2.05, 4.69) is 10.1 Å². The summed E-state index contributed by atoms with van der Waals surface area (Å²) < 4.78 is 83.8. The van der Waals surface area contributed by atoms with Gasteiger partial charge in [0.15, 0.2) is 0 Å². The number of carboxylic acid groups (broad SMARTS) is 1. The topological polar surface area (TPSA) is 113 Å². The normalized spacial score (nSPS) is 16.7. The molecule has 1 fully saturated rings. The molecule has 2 N–H and O–H groups in total. The van der Waals surface area contributed by atoms with Gasteiger partial charge in [-0.2, -0.15) is 4.31 Å². The lowest BCUT2D eigenvalue weighted by Gasteiger charge is -2.26. The van der Waals surface area contributed by atoms with Gasteiger partial charge in [0.2, 0.25) is 15.9 Å². The van der Waals surface area contributed by atoms with Gasteiger partial charge in [-0.15, -0.1) is 13.2 Å². The second kappa shape index (κ2) is 12.5. The molecule has 0 aliphatic carbocycles. The van der Waals surface area contributed by atoms with Crippen LogP contribution in [0, 0.1) is 5.82 Å². The molecule has 15 heteroatoms. The Labute approximate surface area is 247 Å². The zero-order valence-corrected chi connectivity index (χ0v) is 23.7. The molecule has 0 unspecified atom stereocenters. The number of rotatable bonds is 9. The van der Waals surface area contributed by atoms with Crippen LogP contribution in [-0.4, -0.2) is 48.7 Å².